The Kier molecular flexibility index (Phi) is 4.87. The highest BCUT2D eigenvalue weighted by molar-refractivity contribution is 7.11. The summed E-state index contributed by atoms with van der Waals surface area (Å²) in [5.74, 6) is -0.0934. The monoisotopic (exact) mass is 281 g/mol. The molecule has 1 aromatic carbocycles. The summed E-state index contributed by atoms with van der Waals surface area (Å²) >= 11 is 1.49. The fourth-order valence-electron chi connectivity index (χ4n) is 1.75. The number of para-hydroxylation sites is 1. The van der Waals surface area contributed by atoms with Gasteiger partial charge in [-0.1, -0.05) is 19.1 Å². The van der Waals surface area contributed by atoms with Gasteiger partial charge >= 0.3 is 0 Å². The third kappa shape index (κ3) is 3.52. The van der Waals surface area contributed by atoms with Gasteiger partial charge in [0, 0.05) is 6.42 Å². The smallest absolute Gasteiger partial charge is 0.165 e. The minimum Gasteiger partial charge on any atom is -0.490 e. The molecule has 0 atom stereocenters. The van der Waals surface area contributed by atoms with E-state index in [0.717, 1.165) is 22.0 Å². The molecule has 0 saturated heterocycles. The topological polar surface area (TPSA) is 42.4 Å². The van der Waals surface area contributed by atoms with Crippen molar-refractivity contribution in [1.82, 2.24) is 4.98 Å². The first-order chi connectivity index (χ1) is 9.24. The molecule has 0 aliphatic rings. The molecule has 0 aliphatic carbocycles. The van der Waals surface area contributed by atoms with Gasteiger partial charge in [0.1, 0.15) is 0 Å². The molecule has 1 aromatic heterocycles. The van der Waals surface area contributed by atoms with Crippen molar-refractivity contribution in [2.75, 3.05) is 6.61 Å². The Morgan fingerprint density at radius 1 is 1.37 bits per heavy atom. The van der Waals surface area contributed by atoms with Crippen LogP contribution in [-0.2, 0) is 19.4 Å². The van der Waals surface area contributed by atoms with E-state index in [-0.39, 0.29) is 18.2 Å². The number of aliphatic hydroxyl groups excluding tert-OH is 1. The van der Waals surface area contributed by atoms with Crippen LogP contribution in [0.15, 0.2) is 24.3 Å². The standard InChI is InChI=1S/C14H16FNO2S/c1-2-11-13(9-17)19-14(16-11)7-8-18-12-6-4-3-5-10(12)15/h3-6,17H,2,7-9H2,1H3. The fraction of sp³-hybridized carbons (Fsp3) is 0.357. The lowest BCUT2D eigenvalue weighted by molar-refractivity contribution is 0.284. The van der Waals surface area contributed by atoms with Crippen LogP contribution in [0.4, 0.5) is 4.39 Å². The Hall–Kier alpha value is -1.46. The second kappa shape index (κ2) is 6.63. The van der Waals surface area contributed by atoms with Gasteiger partial charge in [0.05, 0.1) is 28.8 Å². The number of halogens is 1. The number of hydrogen-bond donors (Lipinski definition) is 1. The van der Waals surface area contributed by atoms with Gasteiger partial charge in [0.25, 0.3) is 0 Å². The van der Waals surface area contributed by atoms with Gasteiger partial charge in [-0.25, -0.2) is 9.37 Å². The van der Waals surface area contributed by atoms with Crippen molar-refractivity contribution >= 4 is 11.3 Å². The average Bonchev–Trinajstić information content (AvgIpc) is 2.83. The van der Waals surface area contributed by atoms with Crippen molar-refractivity contribution in [3.8, 4) is 5.75 Å². The van der Waals surface area contributed by atoms with Crippen LogP contribution in [0.5, 0.6) is 5.75 Å². The van der Waals surface area contributed by atoms with Crippen LogP contribution in [0.2, 0.25) is 0 Å². The SMILES string of the molecule is CCc1nc(CCOc2ccccc2F)sc1CO. The molecule has 0 unspecified atom stereocenters. The summed E-state index contributed by atoms with van der Waals surface area (Å²) < 4.78 is 18.7. The van der Waals surface area contributed by atoms with Gasteiger partial charge in [0.2, 0.25) is 0 Å². The van der Waals surface area contributed by atoms with Gasteiger partial charge in [-0.2, -0.15) is 0 Å². The molecular formula is C14H16FNO2S. The van der Waals surface area contributed by atoms with Crippen LogP contribution >= 0.6 is 11.3 Å². The fourth-order valence-corrected chi connectivity index (χ4v) is 2.75. The van der Waals surface area contributed by atoms with Gasteiger partial charge in [0.15, 0.2) is 11.6 Å². The van der Waals surface area contributed by atoms with Crippen LogP contribution in [0, 0.1) is 5.82 Å². The van der Waals surface area contributed by atoms with Crippen molar-refractivity contribution in [2.24, 2.45) is 0 Å². The Bertz CT molecular complexity index is 520. The van der Waals surface area contributed by atoms with Crippen LogP contribution < -0.4 is 4.74 Å². The normalized spacial score (nSPS) is 10.7. The van der Waals surface area contributed by atoms with E-state index in [1.54, 1.807) is 18.2 Å². The molecule has 2 aromatic rings. The third-order valence-electron chi connectivity index (χ3n) is 2.71. The highest BCUT2D eigenvalue weighted by atomic mass is 32.1. The summed E-state index contributed by atoms with van der Waals surface area (Å²) in [5.41, 5.74) is 0.938. The number of benzene rings is 1. The number of nitrogens with zero attached hydrogens (tertiary/aromatic N) is 1. The summed E-state index contributed by atoms with van der Waals surface area (Å²) in [7, 11) is 0. The molecule has 1 N–H and O–H groups in total. The van der Waals surface area contributed by atoms with Crippen molar-refractivity contribution < 1.29 is 14.2 Å². The second-order valence-electron chi connectivity index (χ2n) is 4.02. The first-order valence-corrected chi connectivity index (χ1v) is 7.02. The number of aryl methyl sites for hydroxylation is 1. The molecule has 0 aliphatic heterocycles. The molecule has 102 valence electrons. The van der Waals surface area contributed by atoms with E-state index in [9.17, 15) is 9.50 Å². The lowest BCUT2D eigenvalue weighted by atomic mass is 10.3. The summed E-state index contributed by atoms with van der Waals surface area (Å²) in [6.07, 6.45) is 1.42. The van der Waals surface area contributed by atoms with Crippen molar-refractivity contribution in [3.63, 3.8) is 0 Å². The van der Waals surface area contributed by atoms with Crippen LogP contribution in [-0.4, -0.2) is 16.7 Å². The lowest BCUT2D eigenvalue weighted by Crippen LogP contribution is -2.02. The van der Waals surface area contributed by atoms with Crippen molar-refractivity contribution in [1.29, 1.82) is 0 Å². The predicted molar refractivity (Wildman–Crippen MR) is 73.0 cm³/mol. The minimum atomic E-state index is -0.355. The Balaban J connectivity index is 1.92. The zero-order chi connectivity index (χ0) is 13.7. The van der Waals surface area contributed by atoms with Gasteiger partial charge in [-0.3, -0.25) is 0 Å². The van der Waals surface area contributed by atoms with Crippen molar-refractivity contribution in [2.45, 2.75) is 26.4 Å². The largest absolute Gasteiger partial charge is 0.490 e. The first-order valence-electron chi connectivity index (χ1n) is 6.20. The maximum Gasteiger partial charge on any atom is 0.165 e. The number of ether oxygens (including phenoxy) is 1. The van der Waals surface area contributed by atoms with Gasteiger partial charge < -0.3 is 9.84 Å². The molecule has 0 radical (unpaired) electrons. The van der Waals surface area contributed by atoms with E-state index in [1.807, 2.05) is 6.92 Å². The highest BCUT2D eigenvalue weighted by Crippen LogP contribution is 2.20. The number of thiazole rings is 1. The van der Waals surface area contributed by atoms with Gasteiger partial charge in [-0.15, -0.1) is 11.3 Å². The summed E-state index contributed by atoms with van der Waals surface area (Å²) in [6.45, 7) is 2.41. The second-order valence-corrected chi connectivity index (χ2v) is 5.19. The molecule has 0 spiro atoms. The zero-order valence-electron chi connectivity index (χ0n) is 10.7. The number of hydrogen-bond acceptors (Lipinski definition) is 4. The number of rotatable bonds is 6. The molecule has 0 saturated carbocycles. The van der Waals surface area contributed by atoms with Crippen LogP contribution in [0.25, 0.3) is 0 Å². The molecule has 0 fully saturated rings. The number of aromatic nitrogens is 1. The first kappa shape index (κ1) is 14.0. The van der Waals surface area contributed by atoms with E-state index < -0.39 is 0 Å². The zero-order valence-corrected chi connectivity index (χ0v) is 11.5. The number of aliphatic hydroxyl groups is 1. The van der Waals surface area contributed by atoms with E-state index in [2.05, 4.69) is 4.98 Å². The maximum absolute atomic E-state index is 13.3. The van der Waals surface area contributed by atoms with E-state index >= 15 is 0 Å². The summed E-state index contributed by atoms with van der Waals surface area (Å²) in [6, 6.07) is 6.34. The molecule has 1 heterocycles. The highest BCUT2D eigenvalue weighted by Gasteiger charge is 2.09. The lowest BCUT2D eigenvalue weighted by Gasteiger charge is -2.05. The average molecular weight is 281 g/mol. The minimum absolute atomic E-state index is 0.0228. The maximum atomic E-state index is 13.3. The van der Waals surface area contributed by atoms with E-state index in [4.69, 9.17) is 4.74 Å². The Morgan fingerprint density at radius 3 is 2.79 bits per heavy atom. The van der Waals surface area contributed by atoms with Gasteiger partial charge in [-0.05, 0) is 18.6 Å². The molecule has 0 amide bonds. The quantitative estimate of drug-likeness (QED) is 0.885. The Morgan fingerprint density at radius 2 is 2.16 bits per heavy atom. The van der Waals surface area contributed by atoms with E-state index in [1.165, 1.54) is 17.4 Å². The predicted octanol–water partition coefficient (Wildman–Crippen LogP) is 2.96. The molecule has 3 nitrogen and oxygen atoms in total. The van der Waals surface area contributed by atoms with Crippen LogP contribution in [0.3, 0.4) is 0 Å². The third-order valence-corrected chi connectivity index (χ3v) is 3.85. The van der Waals surface area contributed by atoms with Crippen LogP contribution in [0.1, 0.15) is 22.5 Å². The summed E-state index contributed by atoms with van der Waals surface area (Å²) in [4.78, 5) is 5.34. The molecular weight excluding hydrogens is 265 g/mol. The molecule has 2 rings (SSSR count). The molecule has 5 heteroatoms. The van der Waals surface area contributed by atoms with E-state index in [0.29, 0.717) is 13.0 Å². The summed E-state index contributed by atoms with van der Waals surface area (Å²) in [5, 5.41) is 10.1. The molecule has 19 heavy (non-hydrogen) atoms. The molecule has 0 bridgehead atoms. The van der Waals surface area contributed by atoms with Crippen molar-refractivity contribution in [3.05, 3.63) is 45.7 Å². The Labute approximate surface area is 115 Å².